The van der Waals surface area contributed by atoms with Crippen molar-refractivity contribution < 1.29 is 19.0 Å². The van der Waals surface area contributed by atoms with E-state index < -0.39 is 6.10 Å². The van der Waals surface area contributed by atoms with Gasteiger partial charge in [-0.25, -0.2) is 0 Å². The molecule has 1 N–H and O–H groups in total. The summed E-state index contributed by atoms with van der Waals surface area (Å²) in [6.45, 7) is 2.40. The third-order valence-corrected chi connectivity index (χ3v) is 5.39. The summed E-state index contributed by atoms with van der Waals surface area (Å²) in [4.78, 5) is 12.4. The molecule has 0 heterocycles. The van der Waals surface area contributed by atoms with E-state index in [4.69, 9.17) is 14.2 Å². The minimum Gasteiger partial charge on any atom is -0.493 e. The second-order valence-electron chi connectivity index (χ2n) is 7.48. The van der Waals surface area contributed by atoms with Crippen molar-refractivity contribution in [1.82, 2.24) is 5.32 Å². The average molecular weight is 398 g/mol. The van der Waals surface area contributed by atoms with Gasteiger partial charge in [-0.3, -0.25) is 4.79 Å². The molecule has 5 nitrogen and oxygen atoms in total. The number of hydrogen-bond acceptors (Lipinski definition) is 4. The molecule has 2 aromatic rings. The number of rotatable bonds is 9. The molecule has 1 amide bonds. The minimum atomic E-state index is -0.516. The number of ether oxygens (including phenoxy) is 3. The van der Waals surface area contributed by atoms with Gasteiger partial charge in [-0.05, 0) is 86.4 Å². The monoisotopic (exact) mass is 397 g/mol. The third-order valence-electron chi connectivity index (χ3n) is 5.39. The Balaban J connectivity index is 1.43. The largest absolute Gasteiger partial charge is 0.493 e. The number of carbonyl (C=O) groups excluding carboxylic acids is 1. The van der Waals surface area contributed by atoms with Crippen LogP contribution in [0.3, 0.4) is 0 Å². The third kappa shape index (κ3) is 5.66. The lowest BCUT2D eigenvalue weighted by Gasteiger charge is -2.19. The smallest absolute Gasteiger partial charge is 0.260 e. The molecule has 0 aliphatic heterocycles. The van der Waals surface area contributed by atoms with Gasteiger partial charge in [-0.2, -0.15) is 0 Å². The Labute approximate surface area is 173 Å². The molecule has 5 heteroatoms. The number of carbonyl (C=O) groups is 1. The van der Waals surface area contributed by atoms with Gasteiger partial charge < -0.3 is 19.5 Å². The predicted molar refractivity (Wildman–Crippen MR) is 114 cm³/mol. The molecule has 0 spiro atoms. The van der Waals surface area contributed by atoms with Gasteiger partial charge in [-0.15, -0.1) is 0 Å². The average Bonchev–Trinajstić information content (AvgIpc) is 2.76. The van der Waals surface area contributed by atoms with E-state index in [1.165, 1.54) is 24.0 Å². The number of aryl methyl sites for hydroxylation is 3. The van der Waals surface area contributed by atoms with Gasteiger partial charge in [0.1, 0.15) is 5.75 Å². The highest BCUT2D eigenvalue weighted by Gasteiger charge is 2.16. The van der Waals surface area contributed by atoms with Crippen molar-refractivity contribution in [3.63, 3.8) is 0 Å². The summed E-state index contributed by atoms with van der Waals surface area (Å²) in [5.74, 6) is 2.13. The fourth-order valence-corrected chi connectivity index (χ4v) is 3.72. The van der Waals surface area contributed by atoms with E-state index in [-0.39, 0.29) is 5.91 Å². The first-order valence-electron chi connectivity index (χ1n) is 10.4. The highest BCUT2D eigenvalue weighted by Crippen LogP contribution is 2.28. The lowest BCUT2D eigenvalue weighted by molar-refractivity contribution is -0.127. The van der Waals surface area contributed by atoms with Gasteiger partial charge in [0.05, 0.1) is 14.2 Å². The first kappa shape index (κ1) is 21.0. The van der Waals surface area contributed by atoms with Crippen LogP contribution < -0.4 is 19.5 Å². The zero-order valence-electron chi connectivity index (χ0n) is 17.6. The second kappa shape index (κ2) is 10.2. The molecule has 3 rings (SSSR count). The van der Waals surface area contributed by atoms with Crippen LogP contribution in [0, 0.1) is 0 Å². The molecule has 156 valence electrons. The molecular weight excluding hydrogens is 366 g/mol. The maximum absolute atomic E-state index is 12.4. The predicted octanol–water partition coefficient (Wildman–Crippen LogP) is 4.10. The van der Waals surface area contributed by atoms with E-state index in [1.807, 2.05) is 24.3 Å². The Hall–Kier alpha value is -2.69. The van der Waals surface area contributed by atoms with Crippen LogP contribution in [-0.4, -0.2) is 32.8 Å². The molecule has 0 unspecified atom stereocenters. The zero-order valence-corrected chi connectivity index (χ0v) is 17.6. The maximum Gasteiger partial charge on any atom is 0.260 e. The summed E-state index contributed by atoms with van der Waals surface area (Å²) in [5, 5.41) is 2.97. The number of hydrogen-bond donors (Lipinski definition) is 1. The van der Waals surface area contributed by atoms with E-state index in [2.05, 4.69) is 17.4 Å². The van der Waals surface area contributed by atoms with Gasteiger partial charge >= 0.3 is 0 Å². The van der Waals surface area contributed by atoms with Crippen LogP contribution in [0.5, 0.6) is 17.2 Å². The molecule has 0 saturated carbocycles. The lowest BCUT2D eigenvalue weighted by atomic mass is 9.92. The zero-order chi connectivity index (χ0) is 20.6. The normalized spacial score (nSPS) is 13.9. The van der Waals surface area contributed by atoms with Gasteiger partial charge in [0.25, 0.3) is 5.91 Å². The first-order valence-corrected chi connectivity index (χ1v) is 10.4. The van der Waals surface area contributed by atoms with Gasteiger partial charge in [0, 0.05) is 6.54 Å². The van der Waals surface area contributed by atoms with E-state index in [0.717, 1.165) is 48.5 Å². The Morgan fingerprint density at radius 3 is 2.52 bits per heavy atom. The van der Waals surface area contributed by atoms with Crippen LogP contribution in [0.2, 0.25) is 0 Å². The van der Waals surface area contributed by atoms with Crippen LogP contribution in [0.25, 0.3) is 0 Å². The van der Waals surface area contributed by atoms with Gasteiger partial charge in [-0.1, -0.05) is 12.1 Å². The maximum atomic E-state index is 12.4. The van der Waals surface area contributed by atoms with Crippen LogP contribution in [0.1, 0.15) is 42.9 Å². The Kier molecular flexibility index (Phi) is 7.39. The van der Waals surface area contributed by atoms with Gasteiger partial charge in [0.2, 0.25) is 0 Å². The quantitative estimate of drug-likeness (QED) is 0.647. The molecule has 1 aliphatic carbocycles. The second-order valence-corrected chi connectivity index (χ2v) is 7.48. The van der Waals surface area contributed by atoms with Crippen molar-refractivity contribution in [3.8, 4) is 17.2 Å². The summed E-state index contributed by atoms with van der Waals surface area (Å²) in [6.07, 6.45) is 5.90. The molecule has 0 bridgehead atoms. The Bertz CT molecular complexity index is 834. The van der Waals surface area contributed by atoms with E-state index in [1.54, 1.807) is 21.1 Å². The standard InChI is InChI=1S/C24H31NO4/c1-17(29-21-12-11-19-8-4-5-9-20(19)16-21)24(26)25-14-6-7-18-10-13-22(27-2)23(15-18)28-3/h10-13,15-17H,4-9,14H2,1-3H3,(H,25,26)/t17-/m1/s1. The van der Waals surface area contributed by atoms with Crippen LogP contribution in [-0.2, 0) is 24.1 Å². The van der Waals surface area contributed by atoms with Crippen LogP contribution >= 0.6 is 0 Å². The van der Waals surface area contributed by atoms with Crippen LogP contribution in [0.15, 0.2) is 36.4 Å². The van der Waals surface area contributed by atoms with E-state index in [0.29, 0.717) is 6.54 Å². The summed E-state index contributed by atoms with van der Waals surface area (Å²) in [5.41, 5.74) is 3.92. The fraction of sp³-hybridized carbons (Fsp3) is 0.458. The lowest BCUT2D eigenvalue weighted by Crippen LogP contribution is -2.37. The number of nitrogens with one attached hydrogen (secondary N) is 1. The van der Waals surface area contributed by atoms with E-state index in [9.17, 15) is 4.79 Å². The number of amides is 1. The van der Waals surface area contributed by atoms with Crippen molar-refractivity contribution in [2.75, 3.05) is 20.8 Å². The van der Waals surface area contributed by atoms with E-state index >= 15 is 0 Å². The highest BCUT2D eigenvalue weighted by atomic mass is 16.5. The molecule has 0 saturated heterocycles. The summed E-state index contributed by atoms with van der Waals surface area (Å²) < 4.78 is 16.5. The minimum absolute atomic E-state index is 0.0879. The van der Waals surface area contributed by atoms with Crippen molar-refractivity contribution >= 4 is 5.91 Å². The van der Waals surface area contributed by atoms with Crippen molar-refractivity contribution in [3.05, 3.63) is 53.1 Å². The summed E-state index contributed by atoms with van der Waals surface area (Å²) >= 11 is 0. The number of fused-ring (bicyclic) bond motifs is 1. The number of benzene rings is 2. The SMILES string of the molecule is COc1ccc(CCCNC(=O)[C@@H](C)Oc2ccc3c(c2)CCCC3)cc1OC. The molecule has 0 radical (unpaired) electrons. The molecule has 2 aromatic carbocycles. The number of methoxy groups -OCH3 is 2. The molecule has 0 aromatic heterocycles. The summed E-state index contributed by atoms with van der Waals surface area (Å²) in [7, 11) is 3.26. The molecule has 29 heavy (non-hydrogen) atoms. The summed E-state index contributed by atoms with van der Waals surface area (Å²) in [6, 6.07) is 12.1. The highest BCUT2D eigenvalue weighted by molar-refractivity contribution is 5.80. The Morgan fingerprint density at radius 1 is 1.00 bits per heavy atom. The first-order chi connectivity index (χ1) is 14.1. The van der Waals surface area contributed by atoms with Crippen molar-refractivity contribution in [2.45, 2.75) is 51.6 Å². The molecule has 0 fully saturated rings. The topological polar surface area (TPSA) is 56.8 Å². The molecular formula is C24H31NO4. The molecule has 1 atom stereocenters. The Morgan fingerprint density at radius 2 is 1.76 bits per heavy atom. The molecule has 1 aliphatic rings. The van der Waals surface area contributed by atoms with Crippen molar-refractivity contribution in [1.29, 1.82) is 0 Å². The van der Waals surface area contributed by atoms with Gasteiger partial charge in [0.15, 0.2) is 17.6 Å². The van der Waals surface area contributed by atoms with Crippen molar-refractivity contribution in [2.24, 2.45) is 0 Å². The fourth-order valence-electron chi connectivity index (χ4n) is 3.72. The van der Waals surface area contributed by atoms with Crippen LogP contribution in [0.4, 0.5) is 0 Å².